The highest BCUT2D eigenvalue weighted by molar-refractivity contribution is 5.99. The zero-order valence-corrected chi connectivity index (χ0v) is 14.2. The predicted octanol–water partition coefficient (Wildman–Crippen LogP) is 2.00. The summed E-state index contributed by atoms with van der Waals surface area (Å²) >= 11 is 0. The van der Waals surface area contributed by atoms with E-state index in [1.165, 1.54) is 12.5 Å². The van der Waals surface area contributed by atoms with Gasteiger partial charge in [-0.15, -0.1) is 0 Å². The number of amides is 2. The van der Waals surface area contributed by atoms with Crippen LogP contribution >= 0.6 is 0 Å². The lowest BCUT2D eigenvalue weighted by molar-refractivity contribution is -0.114. The first-order valence-electron chi connectivity index (χ1n) is 8.08. The monoisotopic (exact) mass is 326 g/mol. The Morgan fingerprint density at radius 2 is 2.08 bits per heavy atom. The molecule has 126 valence electrons. The van der Waals surface area contributed by atoms with Crippen molar-refractivity contribution in [1.82, 2.24) is 14.7 Å². The molecule has 0 bridgehead atoms. The second-order valence-corrected chi connectivity index (χ2v) is 6.46. The lowest BCUT2D eigenvalue weighted by Gasteiger charge is -2.39. The Balaban J connectivity index is 1.63. The van der Waals surface area contributed by atoms with E-state index in [1.54, 1.807) is 10.7 Å². The van der Waals surface area contributed by atoms with Crippen LogP contribution in [0.4, 0.5) is 5.69 Å². The van der Waals surface area contributed by atoms with Crippen LogP contribution in [-0.4, -0.2) is 39.6 Å². The number of aryl methyl sites for hydroxylation is 1. The average molecular weight is 326 g/mol. The number of rotatable bonds is 4. The molecule has 1 saturated heterocycles. The van der Waals surface area contributed by atoms with Crippen molar-refractivity contribution >= 4 is 17.5 Å². The van der Waals surface area contributed by atoms with Crippen molar-refractivity contribution in [2.24, 2.45) is 13.0 Å². The number of carbonyl (C=O) groups excluding carboxylic acids is 2. The number of aromatic nitrogens is 2. The zero-order valence-electron chi connectivity index (χ0n) is 14.2. The van der Waals surface area contributed by atoms with Crippen LogP contribution in [0, 0.1) is 12.8 Å². The fourth-order valence-electron chi connectivity index (χ4n) is 3.14. The van der Waals surface area contributed by atoms with Crippen LogP contribution < -0.4 is 5.32 Å². The maximum Gasteiger partial charge on any atom is 0.254 e. The Kier molecular flexibility index (Phi) is 4.38. The molecule has 24 heavy (non-hydrogen) atoms. The van der Waals surface area contributed by atoms with E-state index in [2.05, 4.69) is 10.4 Å². The summed E-state index contributed by atoms with van der Waals surface area (Å²) in [6, 6.07) is 5.44. The van der Waals surface area contributed by atoms with Crippen molar-refractivity contribution in [3.63, 3.8) is 0 Å². The van der Waals surface area contributed by atoms with E-state index < -0.39 is 0 Å². The van der Waals surface area contributed by atoms with Crippen molar-refractivity contribution in [3.8, 4) is 0 Å². The van der Waals surface area contributed by atoms with Gasteiger partial charge in [0.25, 0.3) is 5.91 Å². The molecule has 1 aromatic carbocycles. The molecule has 1 fully saturated rings. The Bertz CT molecular complexity index is 775. The molecule has 0 spiro atoms. The Morgan fingerprint density at radius 1 is 1.33 bits per heavy atom. The summed E-state index contributed by atoms with van der Waals surface area (Å²) in [5.41, 5.74) is 3.37. The van der Waals surface area contributed by atoms with Crippen LogP contribution in [0.25, 0.3) is 0 Å². The highest BCUT2D eigenvalue weighted by Gasteiger charge is 2.32. The van der Waals surface area contributed by atoms with Gasteiger partial charge in [0.2, 0.25) is 5.91 Å². The van der Waals surface area contributed by atoms with Crippen molar-refractivity contribution in [2.75, 3.05) is 18.4 Å². The molecule has 2 amide bonds. The van der Waals surface area contributed by atoms with Gasteiger partial charge in [-0.25, -0.2) is 0 Å². The molecule has 0 atom stereocenters. The Hall–Kier alpha value is -2.63. The second kappa shape index (κ2) is 6.47. The van der Waals surface area contributed by atoms with Crippen LogP contribution in [0.3, 0.4) is 0 Å². The Labute approximate surface area is 141 Å². The SMILES string of the molecule is CC(=O)Nc1cccc(C(=O)N2CC(Cc3cnn(C)c3)C2)c1C. The molecule has 6 heteroatoms. The number of benzene rings is 1. The van der Waals surface area contributed by atoms with Gasteiger partial charge in [0.15, 0.2) is 0 Å². The fraction of sp³-hybridized carbons (Fsp3) is 0.389. The van der Waals surface area contributed by atoms with E-state index in [1.807, 2.05) is 43.4 Å². The summed E-state index contributed by atoms with van der Waals surface area (Å²) in [5, 5.41) is 6.94. The summed E-state index contributed by atoms with van der Waals surface area (Å²) in [7, 11) is 1.91. The fourth-order valence-corrected chi connectivity index (χ4v) is 3.14. The predicted molar refractivity (Wildman–Crippen MR) is 91.8 cm³/mol. The molecule has 2 aromatic rings. The lowest BCUT2D eigenvalue weighted by atomic mass is 9.92. The first-order chi connectivity index (χ1) is 11.4. The molecule has 3 rings (SSSR count). The maximum absolute atomic E-state index is 12.7. The van der Waals surface area contributed by atoms with Crippen molar-refractivity contribution in [2.45, 2.75) is 20.3 Å². The molecule has 0 unspecified atom stereocenters. The minimum absolute atomic E-state index is 0.0298. The first kappa shape index (κ1) is 16.2. The normalized spacial score (nSPS) is 14.4. The lowest BCUT2D eigenvalue weighted by Crippen LogP contribution is -2.50. The molecule has 1 N–H and O–H groups in total. The number of hydrogen-bond donors (Lipinski definition) is 1. The smallest absolute Gasteiger partial charge is 0.254 e. The van der Waals surface area contributed by atoms with Crippen LogP contribution in [0.15, 0.2) is 30.6 Å². The highest BCUT2D eigenvalue weighted by Crippen LogP contribution is 2.26. The van der Waals surface area contributed by atoms with E-state index in [9.17, 15) is 9.59 Å². The summed E-state index contributed by atoms with van der Waals surface area (Å²) in [5.74, 6) is 0.377. The standard InChI is InChI=1S/C18H22N4O2/c1-12-16(5-4-6-17(12)20-13(2)23)18(24)22-10-15(11-22)7-14-8-19-21(3)9-14/h4-6,8-9,15H,7,10-11H2,1-3H3,(H,20,23). The van der Waals surface area contributed by atoms with Gasteiger partial charge in [-0.3, -0.25) is 14.3 Å². The molecule has 1 aliphatic rings. The van der Waals surface area contributed by atoms with Gasteiger partial charge in [0.05, 0.1) is 6.20 Å². The minimum Gasteiger partial charge on any atom is -0.338 e. The van der Waals surface area contributed by atoms with E-state index >= 15 is 0 Å². The molecule has 0 saturated carbocycles. The minimum atomic E-state index is -0.136. The summed E-state index contributed by atoms with van der Waals surface area (Å²) in [6.45, 7) is 4.85. The van der Waals surface area contributed by atoms with Gasteiger partial charge in [-0.05, 0) is 42.5 Å². The molecule has 1 aliphatic heterocycles. The van der Waals surface area contributed by atoms with Gasteiger partial charge >= 0.3 is 0 Å². The molecule has 2 heterocycles. The highest BCUT2D eigenvalue weighted by atomic mass is 16.2. The van der Waals surface area contributed by atoms with E-state index in [0.29, 0.717) is 17.2 Å². The van der Waals surface area contributed by atoms with Crippen LogP contribution in [0.1, 0.15) is 28.4 Å². The molecular formula is C18H22N4O2. The van der Waals surface area contributed by atoms with Gasteiger partial charge < -0.3 is 10.2 Å². The second-order valence-electron chi connectivity index (χ2n) is 6.46. The summed E-state index contributed by atoms with van der Waals surface area (Å²) in [6.07, 6.45) is 4.85. The van der Waals surface area contributed by atoms with Crippen molar-refractivity contribution < 1.29 is 9.59 Å². The third kappa shape index (κ3) is 3.32. The number of likely N-dealkylation sites (tertiary alicyclic amines) is 1. The quantitative estimate of drug-likeness (QED) is 0.934. The number of hydrogen-bond acceptors (Lipinski definition) is 3. The summed E-state index contributed by atoms with van der Waals surface area (Å²) < 4.78 is 1.80. The number of nitrogens with zero attached hydrogens (tertiary/aromatic N) is 3. The molecule has 1 aromatic heterocycles. The largest absolute Gasteiger partial charge is 0.338 e. The molecule has 6 nitrogen and oxygen atoms in total. The molecular weight excluding hydrogens is 304 g/mol. The third-order valence-corrected chi connectivity index (χ3v) is 4.40. The Morgan fingerprint density at radius 3 is 2.71 bits per heavy atom. The van der Waals surface area contributed by atoms with Gasteiger partial charge in [0, 0.05) is 44.5 Å². The topological polar surface area (TPSA) is 67.2 Å². The average Bonchev–Trinajstić information content (AvgIpc) is 2.89. The van der Waals surface area contributed by atoms with Gasteiger partial charge in [0.1, 0.15) is 0 Å². The molecule has 0 radical (unpaired) electrons. The number of nitrogens with one attached hydrogen (secondary N) is 1. The van der Waals surface area contributed by atoms with Gasteiger partial charge in [-0.1, -0.05) is 6.07 Å². The number of anilines is 1. The molecule has 0 aliphatic carbocycles. The van der Waals surface area contributed by atoms with Crippen LogP contribution in [-0.2, 0) is 18.3 Å². The van der Waals surface area contributed by atoms with E-state index in [4.69, 9.17) is 0 Å². The van der Waals surface area contributed by atoms with Gasteiger partial charge in [-0.2, -0.15) is 5.10 Å². The van der Waals surface area contributed by atoms with E-state index in [0.717, 1.165) is 25.1 Å². The van der Waals surface area contributed by atoms with E-state index in [-0.39, 0.29) is 11.8 Å². The van der Waals surface area contributed by atoms with Crippen molar-refractivity contribution in [3.05, 3.63) is 47.3 Å². The van der Waals surface area contributed by atoms with Crippen molar-refractivity contribution in [1.29, 1.82) is 0 Å². The maximum atomic E-state index is 12.7. The van der Waals surface area contributed by atoms with Crippen LogP contribution in [0.2, 0.25) is 0 Å². The zero-order chi connectivity index (χ0) is 17.3. The summed E-state index contributed by atoms with van der Waals surface area (Å²) in [4.78, 5) is 25.8. The number of carbonyl (C=O) groups is 2. The third-order valence-electron chi connectivity index (χ3n) is 4.40. The first-order valence-corrected chi connectivity index (χ1v) is 8.08. The van der Waals surface area contributed by atoms with Crippen LogP contribution in [0.5, 0.6) is 0 Å².